The van der Waals surface area contributed by atoms with Gasteiger partial charge in [-0.15, -0.1) is 0 Å². The lowest BCUT2D eigenvalue weighted by Gasteiger charge is -2.27. The summed E-state index contributed by atoms with van der Waals surface area (Å²) >= 11 is 0. The molecule has 2 unspecified atom stereocenters. The van der Waals surface area contributed by atoms with Crippen LogP contribution in [-0.2, 0) is 0 Å². The number of carbonyl (C=O) groups is 1. The summed E-state index contributed by atoms with van der Waals surface area (Å²) in [6.07, 6.45) is 11.2. The predicted molar refractivity (Wildman–Crippen MR) is 56.7 cm³/mol. The van der Waals surface area contributed by atoms with Crippen molar-refractivity contribution < 1.29 is 4.79 Å². The van der Waals surface area contributed by atoms with Crippen molar-refractivity contribution in [3.05, 3.63) is 18.0 Å². The molecule has 2 aliphatic carbocycles. The SMILES string of the molecule is O=Cc1cnn(C2CC3CCC(C3)C2)c1. The molecular weight excluding hydrogens is 188 g/mol. The monoisotopic (exact) mass is 204 g/mol. The van der Waals surface area contributed by atoms with Crippen molar-refractivity contribution >= 4 is 6.29 Å². The quantitative estimate of drug-likeness (QED) is 0.693. The van der Waals surface area contributed by atoms with E-state index in [2.05, 4.69) is 5.10 Å². The molecule has 0 amide bonds. The highest BCUT2D eigenvalue weighted by Gasteiger charge is 2.34. The minimum absolute atomic E-state index is 0.546. The zero-order chi connectivity index (χ0) is 10.3. The lowest BCUT2D eigenvalue weighted by molar-refractivity contribution is 0.112. The van der Waals surface area contributed by atoms with Crippen molar-refractivity contribution in [2.24, 2.45) is 11.8 Å². The second-order valence-electron chi connectivity index (χ2n) is 5.04. The Morgan fingerprint density at radius 3 is 2.60 bits per heavy atom. The molecule has 0 radical (unpaired) electrons. The van der Waals surface area contributed by atoms with Crippen LogP contribution in [-0.4, -0.2) is 16.1 Å². The number of nitrogens with zero attached hydrogens (tertiary/aromatic N) is 2. The first-order valence-corrected chi connectivity index (χ1v) is 5.84. The molecule has 3 heteroatoms. The molecule has 1 heterocycles. The van der Waals surface area contributed by atoms with Crippen LogP contribution in [0.5, 0.6) is 0 Å². The number of hydrogen-bond donors (Lipinski definition) is 0. The Hall–Kier alpha value is -1.12. The van der Waals surface area contributed by atoms with E-state index in [9.17, 15) is 4.79 Å². The maximum atomic E-state index is 10.6. The van der Waals surface area contributed by atoms with Crippen LogP contribution in [0.15, 0.2) is 12.4 Å². The molecule has 15 heavy (non-hydrogen) atoms. The molecule has 0 aliphatic heterocycles. The third-order valence-corrected chi connectivity index (χ3v) is 3.99. The van der Waals surface area contributed by atoms with E-state index in [-0.39, 0.29) is 0 Å². The maximum Gasteiger partial charge on any atom is 0.153 e. The minimum atomic E-state index is 0.546. The lowest BCUT2D eigenvalue weighted by atomic mass is 9.85. The highest BCUT2D eigenvalue weighted by molar-refractivity contribution is 5.73. The Balaban J connectivity index is 1.79. The Labute approximate surface area is 89.5 Å². The lowest BCUT2D eigenvalue weighted by Crippen LogP contribution is -2.19. The van der Waals surface area contributed by atoms with Crippen LogP contribution < -0.4 is 0 Å². The second kappa shape index (κ2) is 3.47. The van der Waals surface area contributed by atoms with Crippen molar-refractivity contribution in [2.75, 3.05) is 0 Å². The van der Waals surface area contributed by atoms with Crippen LogP contribution in [0.4, 0.5) is 0 Å². The van der Waals surface area contributed by atoms with Gasteiger partial charge in [-0.05, 0) is 31.1 Å². The summed E-state index contributed by atoms with van der Waals surface area (Å²) < 4.78 is 2.01. The smallest absolute Gasteiger partial charge is 0.153 e. The standard InChI is InChI=1S/C12H16N2O/c15-8-11-6-13-14(7-11)12-4-9-1-2-10(3-9)5-12/h6-10,12H,1-5H2. The zero-order valence-corrected chi connectivity index (χ0v) is 8.80. The molecule has 3 rings (SSSR count). The van der Waals surface area contributed by atoms with Gasteiger partial charge in [-0.25, -0.2) is 0 Å². The molecule has 2 atom stereocenters. The van der Waals surface area contributed by atoms with E-state index in [4.69, 9.17) is 0 Å². The molecule has 2 aliphatic rings. The third kappa shape index (κ3) is 1.60. The van der Waals surface area contributed by atoms with Gasteiger partial charge in [0.25, 0.3) is 0 Å². The van der Waals surface area contributed by atoms with Gasteiger partial charge < -0.3 is 0 Å². The summed E-state index contributed by atoms with van der Waals surface area (Å²) in [6.45, 7) is 0. The van der Waals surface area contributed by atoms with Gasteiger partial charge in [0.1, 0.15) is 0 Å². The third-order valence-electron chi connectivity index (χ3n) is 3.99. The van der Waals surface area contributed by atoms with Crippen molar-refractivity contribution in [3.8, 4) is 0 Å². The van der Waals surface area contributed by atoms with Crippen LogP contribution in [0, 0.1) is 11.8 Å². The van der Waals surface area contributed by atoms with Crippen molar-refractivity contribution in [1.82, 2.24) is 9.78 Å². The maximum absolute atomic E-state index is 10.6. The van der Waals surface area contributed by atoms with Gasteiger partial charge in [0.2, 0.25) is 0 Å². The van der Waals surface area contributed by atoms with Gasteiger partial charge in [0, 0.05) is 6.20 Å². The fourth-order valence-electron chi connectivity index (χ4n) is 3.30. The molecule has 3 nitrogen and oxygen atoms in total. The first-order chi connectivity index (χ1) is 7.35. The first-order valence-electron chi connectivity index (χ1n) is 5.84. The van der Waals surface area contributed by atoms with E-state index in [0.717, 1.165) is 18.1 Å². The van der Waals surface area contributed by atoms with Gasteiger partial charge in [-0.1, -0.05) is 12.8 Å². The van der Waals surface area contributed by atoms with E-state index < -0.39 is 0 Å². The predicted octanol–water partition coefficient (Wildman–Crippen LogP) is 2.45. The van der Waals surface area contributed by atoms with Gasteiger partial charge in [-0.3, -0.25) is 9.48 Å². The fourth-order valence-corrected chi connectivity index (χ4v) is 3.30. The van der Waals surface area contributed by atoms with Crippen molar-refractivity contribution in [2.45, 2.75) is 38.1 Å². The van der Waals surface area contributed by atoms with E-state index in [0.29, 0.717) is 11.6 Å². The molecule has 0 N–H and O–H groups in total. The van der Waals surface area contributed by atoms with E-state index >= 15 is 0 Å². The molecule has 0 saturated heterocycles. The topological polar surface area (TPSA) is 34.9 Å². The summed E-state index contributed by atoms with van der Waals surface area (Å²) in [7, 11) is 0. The molecule has 0 aromatic carbocycles. The minimum Gasteiger partial charge on any atom is -0.298 e. The summed E-state index contributed by atoms with van der Waals surface area (Å²) in [5, 5.41) is 4.29. The second-order valence-corrected chi connectivity index (χ2v) is 5.04. The Bertz CT molecular complexity index is 359. The Morgan fingerprint density at radius 2 is 2.00 bits per heavy atom. The van der Waals surface area contributed by atoms with Crippen molar-refractivity contribution in [3.63, 3.8) is 0 Å². The molecule has 1 aromatic rings. The highest BCUT2D eigenvalue weighted by atomic mass is 16.1. The van der Waals surface area contributed by atoms with Crippen LogP contribution in [0.25, 0.3) is 0 Å². The average molecular weight is 204 g/mol. The molecule has 2 saturated carbocycles. The number of aromatic nitrogens is 2. The Morgan fingerprint density at radius 1 is 1.27 bits per heavy atom. The summed E-state index contributed by atoms with van der Waals surface area (Å²) in [5.74, 6) is 1.83. The molecule has 1 aromatic heterocycles. The molecule has 2 bridgehead atoms. The van der Waals surface area contributed by atoms with Crippen LogP contribution in [0.3, 0.4) is 0 Å². The normalized spacial score (nSPS) is 34.3. The zero-order valence-electron chi connectivity index (χ0n) is 8.80. The van der Waals surface area contributed by atoms with Gasteiger partial charge >= 0.3 is 0 Å². The molecule has 80 valence electrons. The summed E-state index contributed by atoms with van der Waals surface area (Å²) in [4.78, 5) is 10.6. The number of hydrogen-bond acceptors (Lipinski definition) is 2. The number of carbonyl (C=O) groups excluding carboxylic acids is 1. The summed E-state index contributed by atoms with van der Waals surface area (Å²) in [5.41, 5.74) is 0.702. The van der Waals surface area contributed by atoms with Gasteiger partial charge in [0.15, 0.2) is 6.29 Å². The summed E-state index contributed by atoms with van der Waals surface area (Å²) in [6, 6.07) is 0.546. The van der Waals surface area contributed by atoms with Crippen molar-refractivity contribution in [1.29, 1.82) is 0 Å². The number of fused-ring (bicyclic) bond motifs is 2. The fraction of sp³-hybridized carbons (Fsp3) is 0.667. The van der Waals surface area contributed by atoms with Crippen LogP contribution >= 0.6 is 0 Å². The average Bonchev–Trinajstić information content (AvgIpc) is 2.85. The van der Waals surface area contributed by atoms with Crippen LogP contribution in [0.1, 0.15) is 48.5 Å². The first kappa shape index (κ1) is 9.13. The van der Waals surface area contributed by atoms with Gasteiger partial charge in [-0.2, -0.15) is 5.10 Å². The number of rotatable bonds is 2. The van der Waals surface area contributed by atoms with E-state index in [1.165, 1.54) is 32.1 Å². The van der Waals surface area contributed by atoms with Gasteiger partial charge in [0.05, 0.1) is 17.8 Å². The van der Waals surface area contributed by atoms with E-state index in [1.54, 1.807) is 6.20 Å². The van der Waals surface area contributed by atoms with E-state index in [1.807, 2.05) is 10.9 Å². The highest BCUT2D eigenvalue weighted by Crippen LogP contribution is 2.46. The van der Waals surface area contributed by atoms with Crippen LogP contribution in [0.2, 0.25) is 0 Å². The molecular formula is C12H16N2O. The number of aldehydes is 1. The molecule has 2 fully saturated rings. The Kier molecular flexibility index (Phi) is 2.11. The molecule has 0 spiro atoms. The largest absolute Gasteiger partial charge is 0.298 e.